The average Bonchev–Trinajstić information content (AvgIpc) is 2.64. The van der Waals surface area contributed by atoms with Crippen molar-refractivity contribution in [2.45, 2.75) is 38.8 Å². The second-order valence-electron chi connectivity index (χ2n) is 4.89. The van der Waals surface area contributed by atoms with Crippen LogP contribution in [0.15, 0.2) is 18.2 Å². The summed E-state index contributed by atoms with van der Waals surface area (Å²) in [7, 11) is 0. The molecule has 1 aromatic rings. The van der Waals surface area contributed by atoms with Crippen molar-refractivity contribution in [3.05, 3.63) is 28.8 Å². The summed E-state index contributed by atoms with van der Waals surface area (Å²) < 4.78 is 5.92. The van der Waals surface area contributed by atoms with Gasteiger partial charge >= 0.3 is 0 Å². The number of nitrogens with one attached hydrogen (secondary N) is 2. The largest absolute Gasteiger partial charge is 0.480 e. The molecular formula is C15H21ClN2O2. The molecule has 1 aliphatic heterocycles. The summed E-state index contributed by atoms with van der Waals surface area (Å²) in [6.45, 7) is 4.27. The molecule has 1 amide bonds. The van der Waals surface area contributed by atoms with Crippen LogP contribution < -0.4 is 15.4 Å². The van der Waals surface area contributed by atoms with Gasteiger partial charge in [0.25, 0.3) is 5.91 Å². The van der Waals surface area contributed by atoms with Crippen molar-refractivity contribution in [1.82, 2.24) is 10.6 Å². The third kappa shape index (κ3) is 3.87. The molecule has 2 rings (SSSR count). The van der Waals surface area contributed by atoms with Gasteiger partial charge in [0.2, 0.25) is 0 Å². The lowest BCUT2D eigenvalue weighted by molar-refractivity contribution is -0.127. The minimum atomic E-state index is -0.420. The highest BCUT2D eigenvalue weighted by atomic mass is 35.5. The highest BCUT2D eigenvalue weighted by Crippen LogP contribution is 2.28. The molecule has 2 N–H and O–H groups in total. The molecule has 1 atom stereocenters. The first kappa shape index (κ1) is 15.1. The van der Waals surface area contributed by atoms with Gasteiger partial charge in [0.1, 0.15) is 5.75 Å². The minimum Gasteiger partial charge on any atom is -0.480 e. The Bertz CT molecular complexity index is 465. The van der Waals surface area contributed by atoms with Gasteiger partial charge in [0, 0.05) is 23.7 Å². The summed E-state index contributed by atoms with van der Waals surface area (Å²) in [5, 5.41) is 6.79. The Labute approximate surface area is 124 Å². The maximum absolute atomic E-state index is 11.9. The van der Waals surface area contributed by atoms with Gasteiger partial charge in [-0.05, 0) is 37.9 Å². The molecule has 0 spiro atoms. The lowest BCUT2D eigenvalue weighted by Gasteiger charge is -2.19. The van der Waals surface area contributed by atoms with Crippen LogP contribution in [0.2, 0.25) is 5.02 Å². The normalized spacial score (nSPS) is 19.3. The van der Waals surface area contributed by atoms with Crippen molar-refractivity contribution in [3.63, 3.8) is 0 Å². The van der Waals surface area contributed by atoms with Gasteiger partial charge in [-0.15, -0.1) is 0 Å². The Kier molecular flexibility index (Phi) is 5.68. The van der Waals surface area contributed by atoms with Crippen molar-refractivity contribution in [1.29, 1.82) is 0 Å². The van der Waals surface area contributed by atoms with Crippen molar-refractivity contribution >= 4 is 17.5 Å². The van der Waals surface area contributed by atoms with E-state index in [1.807, 2.05) is 25.1 Å². The van der Waals surface area contributed by atoms with E-state index in [1.165, 1.54) is 0 Å². The Morgan fingerprint density at radius 1 is 1.45 bits per heavy atom. The van der Waals surface area contributed by atoms with Gasteiger partial charge in [-0.25, -0.2) is 0 Å². The number of carbonyl (C=O) groups is 1. The Morgan fingerprint density at radius 3 is 3.10 bits per heavy atom. The van der Waals surface area contributed by atoms with Gasteiger partial charge < -0.3 is 15.4 Å². The zero-order chi connectivity index (χ0) is 14.4. The zero-order valence-corrected chi connectivity index (χ0v) is 12.5. The molecule has 0 aliphatic carbocycles. The second-order valence-corrected chi connectivity index (χ2v) is 5.30. The maximum Gasteiger partial charge on any atom is 0.261 e. The van der Waals surface area contributed by atoms with Gasteiger partial charge in [0.15, 0.2) is 6.10 Å². The van der Waals surface area contributed by atoms with E-state index in [0.29, 0.717) is 17.3 Å². The van der Waals surface area contributed by atoms with Crippen LogP contribution >= 0.6 is 11.6 Å². The molecule has 20 heavy (non-hydrogen) atoms. The highest BCUT2D eigenvalue weighted by Gasteiger charge is 2.23. The first-order chi connectivity index (χ1) is 9.72. The van der Waals surface area contributed by atoms with Crippen LogP contribution in [0.3, 0.4) is 0 Å². The SMILES string of the molecule is CCNCc1c(Cl)cccc1OC1CCCCNC1=O. The molecule has 1 unspecified atom stereocenters. The van der Waals surface area contributed by atoms with Crippen molar-refractivity contribution in [3.8, 4) is 5.75 Å². The lowest BCUT2D eigenvalue weighted by Crippen LogP contribution is -2.36. The zero-order valence-electron chi connectivity index (χ0n) is 11.7. The number of amides is 1. The van der Waals surface area contributed by atoms with Crippen molar-refractivity contribution in [2.24, 2.45) is 0 Å². The fraction of sp³-hybridized carbons (Fsp3) is 0.533. The van der Waals surface area contributed by atoms with Crippen LogP contribution in [0.4, 0.5) is 0 Å². The van der Waals surface area contributed by atoms with E-state index in [1.54, 1.807) is 0 Å². The van der Waals surface area contributed by atoms with E-state index < -0.39 is 6.10 Å². The Balaban J connectivity index is 2.14. The minimum absolute atomic E-state index is 0.0307. The summed E-state index contributed by atoms with van der Waals surface area (Å²) in [4.78, 5) is 11.9. The predicted octanol–water partition coefficient (Wildman–Crippen LogP) is 2.50. The fourth-order valence-corrected chi connectivity index (χ4v) is 2.48. The lowest BCUT2D eigenvalue weighted by atomic mass is 10.1. The number of halogens is 1. The maximum atomic E-state index is 11.9. The fourth-order valence-electron chi connectivity index (χ4n) is 2.25. The molecule has 0 bridgehead atoms. The number of benzene rings is 1. The molecule has 1 heterocycles. The monoisotopic (exact) mass is 296 g/mol. The molecular weight excluding hydrogens is 276 g/mol. The van der Waals surface area contributed by atoms with E-state index >= 15 is 0 Å². The van der Waals surface area contributed by atoms with Crippen molar-refractivity contribution in [2.75, 3.05) is 13.1 Å². The molecule has 1 aliphatic rings. The van der Waals surface area contributed by atoms with Gasteiger partial charge in [-0.1, -0.05) is 24.6 Å². The Morgan fingerprint density at radius 2 is 2.30 bits per heavy atom. The molecule has 1 aromatic carbocycles. The molecule has 1 saturated heterocycles. The first-order valence-electron chi connectivity index (χ1n) is 7.15. The van der Waals surface area contributed by atoms with E-state index in [4.69, 9.17) is 16.3 Å². The predicted molar refractivity (Wildman–Crippen MR) is 80.1 cm³/mol. The second kappa shape index (κ2) is 7.50. The van der Waals surface area contributed by atoms with Crippen LogP contribution in [-0.4, -0.2) is 25.1 Å². The summed E-state index contributed by atoms with van der Waals surface area (Å²) in [6, 6.07) is 5.56. The standard InChI is InChI=1S/C15H21ClN2O2/c1-2-17-10-11-12(16)6-5-8-13(11)20-14-7-3-4-9-18-15(14)19/h5-6,8,14,17H,2-4,7,9-10H2,1H3,(H,18,19). The number of rotatable bonds is 5. The molecule has 0 aromatic heterocycles. The molecule has 0 saturated carbocycles. The van der Waals surface area contributed by atoms with Crippen LogP contribution in [-0.2, 0) is 11.3 Å². The third-order valence-electron chi connectivity index (χ3n) is 3.38. The smallest absolute Gasteiger partial charge is 0.261 e. The van der Waals surface area contributed by atoms with E-state index in [0.717, 1.165) is 37.9 Å². The number of carbonyl (C=O) groups excluding carboxylic acids is 1. The van der Waals surface area contributed by atoms with E-state index in [2.05, 4.69) is 10.6 Å². The van der Waals surface area contributed by atoms with Crippen LogP contribution in [0.25, 0.3) is 0 Å². The summed E-state index contributed by atoms with van der Waals surface area (Å²) in [5.74, 6) is 0.664. The molecule has 110 valence electrons. The quantitative estimate of drug-likeness (QED) is 0.878. The van der Waals surface area contributed by atoms with E-state index in [-0.39, 0.29) is 5.91 Å². The third-order valence-corrected chi connectivity index (χ3v) is 3.74. The molecule has 4 nitrogen and oxygen atoms in total. The topological polar surface area (TPSA) is 50.4 Å². The van der Waals surface area contributed by atoms with Gasteiger partial charge in [-0.2, -0.15) is 0 Å². The molecule has 5 heteroatoms. The van der Waals surface area contributed by atoms with Gasteiger partial charge in [-0.3, -0.25) is 4.79 Å². The van der Waals surface area contributed by atoms with Crippen LogP contribution in [0, 0.1) is 0 Å². The summed E-state index contributed by atoms with van der Waals surface area (Å²) in [5.41, 5.74) is 0.910. The van der Waals surface area contributed by atoms with Crippen molar-refractivity contribution < 1.29 is 9.53 Å². The van der Waals surface area contributed by atoms with E-state index in [9.17, 15) is 4.79 Å². The first-order valence-corrected chi connectivity index (χ1v) is 7.52. The Hall–Kier alpha value is -1.26. The number of hydrogen-bond donors (Lipinski definition) is 2. The summed E-state index contributed by atoms with van der Waals surface area (Å²) >= 11 is 6.23. The van der Waals surface area contributed by atoms with Gasteiger partial charge in [0.05, 0.1) is 0 Å². The number of hydrogen-bond acceptors (Lipinski definition) is 3. The summed E-state index contributed by atoms with van der Waals surface area (Å²) in [6.07, 6.45) is 2.33. The number of ether oxygens (including phenoxy) is 1. The van der Waals surface area contributed by atoms with Crippen LogP contribution in [0.1, 0.15) is 31.7 Å². The van der Waals surface area contributed by atoms with Crippen LogP contribution in [0.5, 0.6) is 5.75 Å². The molecule has 0 radical (unpaired) electrons. The molecule has 1 fully saturated rings. The average molecular weight is 297 g/mol. The highest BCUT2D eigenvalue weighted by molar-refractivity contribution is 6.31.